The van der Waals surface area contributed by atoms with E-state index in [1.807, 2.05) is 13.8 Å². The zero-order chi connectivity index (χ0) is 14.9. The molecule has 0 unspecified atom stereocenters. The Balaban J connectivity index is 2.01. The topological polar surface area (TPSA) is 116 Å². The minimum atomic E-state index is -1.09. The molecule has 7 nitrogen and oxygen atoms in total. The fourth-order valence-corrected chi connectivity index (χ4v) is 2.36. The van der Waals surface area contributed by atoms with Crippen molar-refractivity contribution in [2.45, 2.75) is 44.4 Å². The lowest BCUT2D eigenvalue weighted by Gasteiger charge is -2.17. The average molecular weight is 284 g/mol. The van der Waals surface area contributed by atoms with Gasteiger partial charge in [-0.15, -0.1) is 0 Å². The van der Waals surface area contributed by atoms with Crippen molar-refractivity contribution >= 4 is 5.91 Å². The molecule has 0 bridgehead atoms. The van der Waals surface area contributed by atoms with Crippen molar-refractivity contribution in [1.29, 1.82) is 0 Å². The fraction of sp³-hybridized carbons (Fsp3) is 0.692. The number of hydrogen-bond donors (Lipinski definition) is 4. The van der Waals surface area contributed by atoms with Gasteiger partial charge in [-0.25, -0.2) is 0 Å². The summed E-state index contributed by atoms with van der Waals surface area (Å²) >= 11 is 0. The number of nitrogens with one attached hydrogen (secondary N) is 1. The standard InChI is InChI=1S/C13H20N2O5/c1-6(2)10-4-9(15-20-10)13(19)14-8-3-7(5-16)11(17)12(8)18/h4,6-8,11-12,16-18H,3,5H2,1-2H3,(H,14,19)/t7-,8-,11-,12+/m1/s1. The van der Waals surface area contributed by atoms with Gasteiger partial charge in [0.15, 0.2) is 5.69 Å². The van der Waals surface area contributed by atoms with Gasteiger partial charge in [-0.3, -0.25) is 4.79 Å². The van der Waals surface area contributed by atoms with Crippen LogP contribution in [0.15, 0.2) is 10.6 Å². The van der Waals surface area contributed by atoms with Gasteiger partial charge >= 0.3 is 0 Å². The minimum Gasteiger partial charge on any atom is -0.396 e. The first kappa shape index (κ1) is 15.0. The second-order valence-electron chi connectivity index (χ2n) is 5.51. The van der Waals surface area contributed by atoms with Gasteiger partial charge in [0, 0.05) is 24.5 Å². The van der Waals surface area contributed by atoms with E-state index < -0.39 is 30.1 Å². The summed E-state index contributed by atoms with van der Waals surface area (Å²) < 4.78 is 5.04. The molecule has 0 aliphatic heterocycles. The molecule has 4 atom stereocenters. The van der Waals surface area contributed by atoms with Crippen LogP contribution in [0, 0.1) is 5.92 Å². The third-order valence-electron chi connectivity index (χ3n) is 3.68. The van der Waals surface area contributed by atoms with E-state index in [0.717, 1.165) is 0 Å². The third-order valence-corrected chi connectivity index (χ3v) is 3.68. The zero-order valence-electron chi connectivity index (χ0n) is 11.5. The first-order chi connectivity index (χ1) is 9.43. The molecule has 112 valence electrons. The summed E-state index contributed by atoms with van der Waals surface area (Å²) in [7, 11) is 0. The Kier molecular flexibility index (Phi) is 4.42. The lowest BCUT2D eigenvalue weighted by Crippen LogP contribution is -2.43. The Morgan fingerprint density at radius 1 is 1.50 bits per heavy atom. The first-order valence-corrected chi connectivity index (χ1v) is 6.68. The molecule has 7 heteroatoms. The Labute approximate surface area is 116 Å². The molecule has 0 aromatic carbocycles. The van der Waals surface area contributed by atoms with Crippen LogP contribution < -0.4 is 5.32 Å². The highest BCUT2D eigenvalue weighted by molar-refractivity contribution is 5.92. The van der Waals surface area contributed by atoms with E-state index in [1.165, 1.54) is 0 Å². The second kappa shape index (κ2) is 5.90. The average Bonchev–Trinajstić information content (AvgIpc) is 2.99. The Bertz CT molecular complexity index is 473. The Hall–Kier alpha value is -1.44. The van der Waals surface area contributed by atoms with Crippen LogP contribution in [0.1, 0.15) is 42.4 Å². The molecule has 1 amide bonds. The van der Waals surface area contributed by atoms with Crippen LogP contribution in [0.5, 0.6) is 0 Å². The predicted octanol–water partition coefficient (Wildman–Crippen LogP) is -0.370. The summed E-state index contributed by atoms with van der Waals surface area (Å²) in [6.45, 7) is 3.61. The van der Waals surface area contributed by atoms with E-state index in [-0.39, 0.29) is 18.2 Å². The molecular weight excluding hydrogens is 264 g/mol. The first-order valence-electron chi connectivity index (χ1n) is 6.68. The zero-order valence-corrected chi connectivity index (χ0v) is 11.5. The molecule has 1 aliphatic rings. The molecule has 0 radical (unpaired) electrons. The molecule has 0 spiro atoms. The molecule has 20 heavy (non-hydrogen) atoms. The third kappa shape index (κ3) is 2.84. The van der Waals surface area contributed by atoms with Crippen LogP contribution in [-0.4, -0.2) is 51.2 Å². The fourth-order valence-electron chi connectivity index (χ4n) is 2.36. The van der Waals surface area contributed by atoms with Gasteiger partial charge in [0.1, 0.15) is 11.9 Å². The normalized spacial score (nSPS) is 29.9. The van der Waals surface area contributed by atoms with Crippen molar-refractivity contribution in [3.8, 4) is 0 Å². The van der Waals surface area contributed by atoms with Crippen molar-refractivity contribution in [3.63, 3.8) is 0 Å². The van der Waals surface area contributed by atoms with Crippen molar-refractivity contribution < 1.29 is 24.6 Å². The maximum Gasteiger partial charge on any atom is 0.273 e. The highest BCUT2D eigenvalue weighted by Crippen LogP contribution is 2.26. The molecule has 1 saturated carbocycles. The van der Waals surface area contributed by atoms with Crippen molar-refractivity contribution in [1.82, 2.24) is 10.5 Å². The summed E-state index contributed by atoms with van der Waals surface area (Å²) in [6, 6.07) is 0.954. The molecule has 1 heterocycles. The number of aliphatic hydroxyl groups is 3. The number of carbonyl (C=O) groups is 1. The van der Waals surface area contributed by atoms with Crippen LogP contribution in [0.25, 0.3) is 0 Å². The molecular formula is C13H20N2O5. The van der Waals surface area contributed by atoms with E-state index in [1.54, 1.807) is 6.07 Å². The van der Waals surface area contributed by atoms with E-state index in [2.05, 4.69) is 10.5 Å². The molecule has 1 aliphatic carbocycles. The molecule has 2 rings (SSSR count). The summed E-state index contributed by atoms with van der Waals surface area (Å²) in [5.41, 5.74) is 0.142. The Morgan fingerprint density at radius 3 is 2.70 bits per heavy atom. The van der Waals surface area contributed by atoms with Crippen LogP contribution in [0.3, 0.4) is 0 Å². The van der Waals surface area contributed by atoms with E-state index in [0.29, 0.717) is 12.2 Å². The van der Waals surface area contributed by atoms with Gasteiger partial charge in [-0.2, -0.15) is 0 Å². The molecule has 1 aromatic rings. The van der Waals surface area contributed by atoms with Crippen LogP contribution in [0.4, 0.5) is 0 Å². The summed E-state index contributed by atoms with van der Waals surface area (Å²) in [6.07, 6.45) is -1.80. The lowest BCUT2D eigenvalue weighted by molar-refractivity contribution is 0.000106. The molecule has 4 N–H and O–H groups in total. The largest absolute Gasteiger partial charge is 0.396 e. The van der Waals surface area contributed by atoms with Gasteiger partial charge in [0.25, 0.3) is 5.91 Å². The van der Waals surface area contributed by atoms with Crippen molar-refractivity contribution in [2.75, 3.05) is 6.61 Å². The van der Waals surface area contributed by atoms with Crippen LogP contribution in [0.2, 0.25) is 0 Å². The maximum atomic E-state index is 12.0. The summed E-state index contributed by atoms with van der Waals surface area (Å²) in [4.78, 5) is 12.0. The number of aliphatic hydroxyl groups excluding tert-OH is 3. The highest BCUT2D eigenvalue weighted by Gasteiger charge is 2.41. The van der Waals surface area contributed by atoms with Gasteiger partial charge in [-0.05, 0) is 6.42 Å². The van der Waals surface area contributed by atoms with E-state index >= 15 is 0 Å². The SMILES string of the molecule is CC(C)c1cc(C(=O)N[C@@H]2C[C@H](CO)[C@@H](O)[C@H]2O)no1. The van der Waals surface area contributed by atoms with E-state index in [9.17, 15) is 15.0 Å². The van der Waals surface area contributed by atoms with Gasteiger partial charge in [-0.1, -0.05) is 19.0 Å². The number of rotatable bonds is 4. The number of aromatic nitrogens is 1. The van der Waals surface area contributed by atoms with Gasteiger partial charge in [0.05, 0.1) is 12.1 Å². The second-order valence-corrected chi connectivity index (χ2v) is 5.51. The smallest absolute Gasteiger partial charge is 0.273 e. The number of hydrogen-bond acceptors (Lipinski definition) is 6. The maximum absolute atomic E-state index is 12.0. The monoisotopic (exact) mass is 284 g/mol. The number of carbonyl (C=O) groups excluding carboxylic acids is 1. The minimum absolute atomic E-state index is 0.127. The van der Waals surface area contributed by atoms with Crippen molar-refractivity contribution in [2.24, 2.45) is 5.92 Å². The quantitative estimate of drug-likeness (QED) is 0.599. The predicted molar refractivity (Wildman–Crippen MR) is 69.1 cm³/mol. The molecule has 0 saturated heterocycles. The highest BCUT2D eigenvalue weighted by atomic mass is 16.5. The lowest BCUT2D eigenvalue weighted by atomic mass is 10.1. The van der Waals surface area contributed by atoms with E-state index in [4.69, 9.17) is 9.63 Å². The molecule has 1 aromatic heterocycles. The number of amides is 1. The van der Waals surface area contributed by atoms with Crippen LogP contribution >= 0.6 is 0 Å². The Morgan fingerprint density at radius 2 is 2.20 bits per heavy atom. The van der Waals surface area contributed by atoms with Crippen molar-refractivity contribution in [3.05, 3.63) is 17.5 Å². The number of nitrogens with zero attached hydrogens (tertiary/aromatic N) is 1. The van der Waals surface area contributed by atoms with Gasteiger partial charge in [0.2, 0.25) is 0 Å². The summed E-state index contributed by atoms with van der Waals surface area (Å²) in [5.74, 6) is -0.161. The summed E-state index contributed by atoms with van der Waals surface area (Å²) in [5, 5.41) is 34.9. The van der Waals surface area contributed by atoms with Crippen LogP contribution in [-0.2, 0) is 0 Å². The molecule has 1 fully saturated rings. The van der Waals surface area contributed by atoms with Gasteiger partial charge < -0.3 is 25.2 Å².